The summed E-state index contributed by atoms with van der Waals surface area (Å²) in [6.07, 6.45) is 0. The molecule has 0 amide bonds. The van der Waals surface area contributed by atoms with Gasteiger partial charge in [0, 0.05) is 38.1 Å². The fraction of sp³-hybridized carbons (Fsp3) is 0. The lowest BCUT2D eigenvalue weighted by Crippen LogP contribution is -2.01. The van der Waals surface area contributed by atoms with Gasteiger partial charge in [-0.3, -0.25) is 0 Å². The monoisotopic (exact) mass is 671 g/mol. The smallest absolute Gasteiger partial charge is 0.164 e. The molecule has 0 saturated heterocycles. The van der Waals surface area contributed by atoms with E-state index in [4.69, 9.17) is 24.9 Å². The molecule has 9 aromatic rings. The molecule has 9 rings (SSSR count). The predicted molar refractivity (Wildman–Crippen MR) is 209 cm³/mol. The molecular formula is C45H29N5S. The summed E-state index contributed by atoms with van der Waals surface area (Å²) in [7, 11) is 0. The molecule has 51 heavy (non-hydrogen) atoms. The second-order valence-electron chi connectivity index (χ2n) is 12.1. The summed E-state index contributed by atoms with van der Waals surface area (Å²) < 4.78 is 1.21. The van der Waals surface area contributed by atoms with E-state index in [1.54, 1.807) is 11.3 Å². The van der Waals surface area contributed by atoms with E-state index in [-0.39, 0.29) is 0 Å². The predicted octanol–water partition coefficient (Wildman–Crippen LogP) is 11.5. The van der Waals surface area contributed by atoms with Gasteiger partial charge >= 0.3 is 0 Å². The molecule has 0 aliphatic rings. The van der Waals surface area contributed by atoms with Gasteiger partial charge in [-0.05, 0) is 17.5 Å². The van der Waals surface area contributed by atoms with Gasteiger partial charge in [0.1, 0.15) is 5.69 Å². The molecule has 0 radical (unpaired) electrons. The molecular weight excluding hydrogens is 643 g/mol. The van der Waals surface area contributed by atoms with Crippen molar-refractivity contribution in [1.82, 2.24) is 24.9 Å². The molecule has 0 atom stereocenters. The van der Waals surface area contributed by atoms with Gasteiger partial charge in [-0.2, -0.15) is 0 Å². The molecule has 0 bridgehead atoms. The third kappa shape index (κ3) is 6.09. The van der Waals surface area contributed by atoms with Crippen LogP contribution in [0, 0.1) is 0 Å². The second-order valence-corrected chi connectivity index (χ2v) is 13.2. The van der Waals surface area contributed by atoms with E-state index in [1.165, 1.54) is 10.1 Å². The fourth-order valence-electron chi connectivity index (χ4n) is 6.22. The van der Waals surface area contributed by atoms with Crippen molar-refractivity contribution in [2.45, 2.75) is 0 Å². The van der Waals surface area contributed by atoms with Crippen molar-refractivity contribution in [2.24, 2.45) is 0 Å². The van der Waals surface area contributed by atoms with Gasteiger partial charge < -0.3 is 0 Å². The zero-order chi connectivity index (χ0) is 34.0. The average molecular weight is 672 g/mol. The Bertz CT molecular complexity index is 2510. The van der Waals surface area contributed by atoms with E-state index in [0.717, 1.165) is 61.0 Å². The minimum Gasteiger partial charge on any atom is -0.243 e. The summed E-state index contributed by atoms with van der Waals surface area (Å²) >= 11 is 1.73. The van der Waals surface area contributed by atoms with Crippen LogP contribution >= 0.6 is 11.3 Å². The van der Waals surface area contributed by atoms with Crippen molar-refractivity contribution >= 4 is 21.4 Å². The summed E-state index contributed by atoms with van der Waals surface area (Å²) in [5.41, 5.74) is 9.09. The van der Waals surface area contributed by atoms with Crippen LogP contribution in [0.1, 0.15) is 0 Å². The third-order valence-electron chi connectivity index (χ3n) is 8.77. The van der Waals surface area contributed by atoms with Crippen molar-refractivity contribution in [3.63, 3.8) is 0 Å². The van der Waals surface area contributed by atoms with Crippen molar-refractivity contribution in [2.75, 3.05) is 0 Å². The van der Waals surface area contributed by atoms with E-state index >= 15 is 0 Å². The molecule has 240 valence electrons. The van der Waals surface area contributed by atoms with E-state index < -0.39 is 0 Å². The molecule has 3 heterocycles. The molecule has 6 aromatic carbocycles. The van der Waals surface area contributed by atoms with Crippen LogP contribution in [0.3, 0.4) is 0 Å². The molecule has 0 aliphatic carbocycles. The zero-order valence-electron chi connectivity index (χ0n) is 27.4. The molecule has 6 heteroatoms. The summed E-state index contributed by atoms with van der Waals surface area (Å²) in [5.74, 6) is 1.87. The van der Waals surface area contributed by atoms with Crippen molar-refractivity contribution < 1.29 is 0 Å². The summed E-state index contributed by atoms with van der Waals surface area (Å²) in [6.45, 7) is 0. The van der Waals surface area contributed by atoms with E-state index in [0.29, 0.717) is 17.5 Å². The van der Waals surface area contributed by atoms with Gasteiger partial charge in [0.15, 0.2) is 17.5 Å². The highest BCUT2D eigenvalue weighted by Crippen LogP contribution is 2.41. The summed E-state index contributed by atoms with van der Waals surface area (Å²) in [6, 6.07) is 59.7. The molecule has 5 nitrogen and oxygen atoms in total. The lowest BCUT2D eigenvalue weighted by molar-refractivity contribution is 1.07. The van der Waals surface area contributed by atoms with Crippen LogP contribution in [-0.4, -0.2) is 24.9 Å². The van der Waals surface area contributed by atoms with Crippen molar-refractivity contribution in [3.05, 3.63) is 176 Å². The second kappa shape index (κ2) is 13.3. The number of hydrogen-bond acceptors (Lipinski definition) is 6. The largest absolute Gasteiger partial charge is 0.243 e. The van der Waals surface area contributed by atoms with Crippen LogP contribution in [0.25, 0.3) is 88.6 Å². The van der Waals surface area contributed by atoms with Gasteiger partial charge in [0.05, 0.1) is 22.0 Å². The van der Waals surface area contributed by atoms with Crippen molar-refractivity contribution in [1.29, 1.82) is 0 Å². The Hall–Kier alpha value is -6.63. The van der Waals surface area contributed by atoms with E-state index in [1.807, 2.05) is 97.1 Å². The Morgan fingerprint density at radius 3 is 1.14 bits per heavy atom. The normalized spacial score (nSPS) is 11.1. The first-order chi connectivity index (χ1) is 25.3. The zero-order valence-corrected chi connectivity index (χ0v) is 28.2. The molecule has 3 aromatic heterocycles. The summed E-state index contributed by atoms with van der Waals surface area (Å²) in [4.78, 5) is 26.7. The topological polar surface area (TPSA) is 64.5 Å². The highest BCUT2D eigenvalue weighted by atomic mass is 32.1. The highest BCUT2D eigenvalue weighted by molar-refractivity contribution is 7.22. The number of fused-ring (bicyclic) bond motifs is 1. The van der Waals surface area contributed by atoms with Crippen LogP contribution in [0.5, 0.6) is 0 Å². The van der Waals surface area contributed by atoms with Gasteiger partial charge in [-0.1, -0.05) is 164 Å². The molecule has 0 N–H and O–H groups in total. The highest BCUT2D eigenvalue weighted by Gasteiger charge is 2.21. The first kappa shape index (κ1) is 30.4. The number of rotatable bonds is 7. The van der Waals surface area contributed by atoms with E-state index in [2.05, 4.69) is 78.9 Å². The minimum absolute atomic E-state index is 0.606. The van der Waals surface area contributed by atoms with Crippen LogP contribution in [0.2, 0.25) is 0 Å². The number of thiophene rings is 1. The lowest BCUT2D eigenvalue weighted by Gasteiger charge is -2.15. The van der Waals surface area contributed by atoms with Gasteiger partial charge in [-0.15, -0.1) is 11.3 Å². The minimum atomic E-state index is 0.606. The number of nitrogens with zero attached hydrogens (tertiary/aromatic N) is 5. The summed E-state index contributed by atoms with van der Waals surface area (Å²) in [5, 5.41) is 1.19. The Kier molecular flexibility index (Phi) is 7.97. The van der Waals surface area contributed by atoms with Crippen LogP contribution in [0.15, 0.2) is 176 Å². The van der Waals surface area contributed by atoms with Crippen LogP contribution < -0.4 is 0 Å². The average Bonchev–Trinajstić information content (AvgIpc) is 3.66. The Labute approximate surface area is 299 Å². The number of benzene rings is 6. The SMILES string of the molecule is c1ccc(-c2nc(-c3ccccc3)nc(-c3ccc(-c4nc(-c5ccccc5)c(-c5ccccc5)nc4-c4cc5ccccc5s4)cc3)n2)cc1. The number of hydrogen-bond donors (Lipinski definition) is 0. The number of aromatic nitrogens is 5. The van der Waals surface area contributed by atoms with Gasteiger partial charge in [-0.25, -0.2) is 24.9 Å². The first-order valence-corrected chi connectivity index (χ1v) is 17.6. The van der Waals surface area contributed by atoms with Gasteiger partial charge in [0.2, 0.25) is 0 Å². The Morgan fingerprint density at radius 2 is 0.647 bits per heavy atom. The third-order valence-corrected chi connectivity index (χ3v) is 9.89. The Morgan fingerprint density at radius 1 is 0.294 bits per heavy atom. The van der Waals surface area contributed by atoms with Gasteiger partial charge in [0.25, 0.3) is 0 Å². The van der Waals surface area contributed by atoms with E-state index in [9.17, 15) is 0 Å². The molecule has 0 fully saturated rings. The molecule has 0 unspecified atom stereocenters. The maximum Gasteiger partial charge on any atom is 0.164 e. The lowest BCUT2D eigenvalue weighted by atomic mass is 10.0. The molecule has 0 spiro atoms. The van der Waals surface area contributed by atoms with Crippen LogP contribution in [0.4, 0.5) is 0 Å². The quantitative estimate of drug-likeness (QED) is 0.169. The maximum absolute atomic E-state index is 5.45. The molecule has 0 saturated carbocycles. The Balaban J connectivity index is 1.22. The molecule has 0 aliphatic heterocycles. The standard InChI is InChI=1S/C45H29N5S/c1-5-15-30(16-6-1)39-40(31-17-7-2-8-18-31)47-42(38-29-36-23-13-14-24-37(36)51-38)41(46-39)32-25-27-35(28-26-32)45-49-43(33-19-9-3-10-20-33)48-44(50-45)34-21-11-4-12-22-34/h1-29H. The first-order valence-electron chi connectivity index (χ1n) is 16.8. The maximum atomic E-state index is 5.45. The fourth-order valence-corrected chi connectivity index (χ4v) is 7.27. The van der Waals surface area contributed by atoms with Crippen LogP contribution in [-0.2, 0) is 0 Å². The van der Waals surface area contributed by atoms with Crippen molar-refractivity contribution in [3.8, 4) is 78.5 Å².